The molecule has 2 aliphatic heterocycles. The van der Waals surface area contributed by atoms with Crippen molar-refractivity contribution in [3.05, 3.63) is 36.2 Å². The van der Waals surface area contributed by atoms with Gasteiger partial charge in [-0.25, -0.2) is 9.97 Å². The topological polar surface area (TPSA) is 81.4 Å². The Balaban J connectivity index is 1.48. The number of likely N-dealkylation sites (N-methyl/N-ethyl adjacent to an activating group) is 1. The van der Waals surface area contributed by atoms with E-state index in [9.17, 15) is 0 Å². The summed E-state index contributed by atoms with van der Waals surface area (Å²) in [5.41, 5.74) is 0.453. The zero-order chi connectivity index (χ0) is 19.3. The first kappa shape index (κ1) is 18.4. The van der Waals surface area contributed by atoms with Crippen molar-refractivity contribution in [2.45, 2.75) is 18.9 Å². The highest BCUT2D eigenvalue weighted by Crippen LogP contribution is 2.24. The van der Waals surface area contributed by atoms with Gasteiger partial charge in [-0.05, 0) is 31.0 Å². The molecule has 28 heavy (non-hydrogen) atoms. The van der Waals surface area contributed by atoms with Gasteiger partial charge in [-0.3, -0.25) is 0 Å². The Morgan fingerprint density at radius 3 is 2.75 bits per heavy atom. The molecule has 0 N–H and O–H groups in total. The third-order valence-corrected chi connectivity index (χ3v) is 5.40. The highest BCUT2D eigenvalue weighted by Gasteiger charge is 2.26. The number of ether oxygens (including phenoxy) is 1. The summed E-state index contributed by atoms with van der Waals surface area (Å²) in [7, 11) is 2.06. The van der Waals surface area contributed by atoms with Crippen LogP contribution in [0.5, 0.6) is 0 Å². The normalized spacial score (nSPS) is 19.9. The van der Waals surface area contributed by atoms with Gasteiger partial charge in [0.05, 0.1) is 13.2 Å². The molecule has 8 nitrogen and oxygen atoms in total. The van der Waals surface area contributed by atoms with E-state index >= 15 is 0 Å². The van der Waals surface area contributed by atoms with Crippen molar-refractivity contribution < 1.29 is 4.74 Å². The van der Waals surface area contributed by atoms with Crippen molar-refractivity contribution in [2.75, 3.05) is 61.1 Å². The number of nitriles is 1. The van der Waals surface area contributed by atoms with Crippen LogP contribution in [0.3, 0.4) is 0 Å². The number of hydrogen-bond donors (Lipinski definition) is 0. The number of piperidine rings is 1. The molecule has 0 bridgehead atoms. The number of nitrogens with zero attached hydrogens (tertiary/aromatic N) is 7. The van der Waals surface area contributed by atoms with Gasteiger partial charge in [0.1, 0.15) is 23.4 Å². The lowest BCUT2D eigenvalue weighted by Crippen LogP contribution is -2.47. The molecule has 0 saturated carbocycles. The Kier molecular flexibility index (Phi) is 5.53. The molecular formula is C20H25N7O. The summed E-state index contributed by atoms with van der Waals surface area (Å²) in [6, 6.07) is 9.98. The summed E-state index contributed by atoms with van der Waals surface area (Å²) in [5.74, 6) is 2.56. The average Bonchev–Trinajstić information content (AvgIpc) is 2.79. The number of morpholine rings is 1. The van der Waals surface area contributed by atoms with Gasteiger partial charge in [0, 0.05) is 45.5 Å². The van der Waals surface area contributed by atoms with Gasteiger partial charge >= 0.3 is 0 Å². The van der Waals surface area contributed by atoms with E-state index in [1.165, 1.54) is 0 Å². The molecule has 2 saturated heterocycles. The van der Waals surface area contributed by atoms with Gasteiger partial charge in [0.25, 0.3) is 0 Å². The fourth-order valence-corrected chi connectivity index (χ4v) is 3.78. The van der Waals surface area contributed by atoms with E-state index in [4.69, 9.17) is 15.0 Å². The van der Waals surface area contributed by atoms with E-state index in [2.05, 4.69) is 37.8 Å². The molecule has 0 amide bonds. The molecule has 146 valence electrons. The van der Waals surface area contributed by atoms with Crippen molar-refractivity contribution in [3.63, 3.8) is 0 Å². The smallest absolute Gasteiger partial charge is 0.227 e. The molecule has 4 heterocycles. The molecule has 0 radical (unpaired) electrons. The van der Waals surface area contributed by atoms with Crippen LogP contribution >= 0.6 is 0 Å². The number of rotatable bonds is 4. The minimum atomic E-state index is 0.293. The number of anilines is 3. The van der Waals surface area contributed by atoms with E-state index in [0.717, 1.165) is 69.8 Å². The number of aromatic nitrogens is 3. The molecular weight excluding hydrogens is 354 g/mol. The van der Waals surface area contributed by atoms with Crippen molar-refractivity contribution in [2.24, 2.45) is 0 Å². The average molecular weight is 379 g/mol. The molecule has 0 aromatic carbocycles. The monoisotopic (exact) mass is 379 g/mol. The molecule has 1 unspecified atom stereocenters. The van der Waals surface area contributed by atoms with Crippen molar-refractivity contribution >= 4 is 17.6 Å². The quantitative estimate of drug-likeness (QED) is 0.794. The first-order valence-corrected chi connectivity index (χ1v) is 9.75. The summed E-state index contributed by atoms with van der Waals surface area (Å²) in [4.78, 5) is 20.4. The van der Waals surface area contributed by atoms with Gasteiger partial charge in [-0.2, -0.15) is 10.2 Å². The van der Waals surface area contributed by atoms with Crippen LogP contribution in [-0.2, 0) is 4.74 Å². The van der Waals surface area contributed by atoms with Crippen LogP contribution in [0, 0.1) is 11.3 Å². The van der Waals surface area contributed by atoms with Crippen LogP contribution in [0.4, 0.5) is 17.6 Å². The lowest BCUT2D eigenvalue weighted by Gasteiger charge is -2.38. The predicted octanol–water partition coefficient (Wildman–Crippen LogP) is 1.69. The van der Waals surface area contributed by atoms with Gasteiger partial charge < -0.3 is 19.4 Å². The van der Waals surface area contributed by atoms with E-state index in [1.807, 2.05) is 24.4 Å². The highest BCUT2D eigenvalue weighted by atomic mass is 16.5. The van der Waals surface area contributed by atoms with Crippen LogP contribution in [0.15, 0.2) is 30.5 Å². The fraction of sp³-hybridized carbons (Fsp3) is 0.500. The Morgan fingerprint density at radius 1 is 1.11 bits per heavy atom. The summed E-state index contributed by atoms with van der Waals surface area (Å²) >= 11 is 0. The first-order chi connectivity index (χ1) is 13.7. The molecule has 1 atom stereocenters. The Bertz CT molecular complexity index is 846. The van der Waals surface area contributed by atoms with Crippen LogP contribution in [-0.4, -0.2) is 67.4 Å². The Labute approximate surface area is 165 Å². The Hall–Kier alpha value is -2.92. The predicted molar refractivity (Wildman–Crippen MR) is 108 cm³/mol. The molecule has 2 fully saturated rings. The lowest BCUT2D eigenvalue weighted by atomic mass is 10.0. The SMILES string of the molecule is CN(c1nccc(N2CCOCC2)n1)C1CCCN(c2cccc(C#N)n2)C1. The van der Waals surface area contributed by atoms with Crippen LogP contribution in [0.25, 0.3) is 0 Å². The summed E-state index contributed by atoms with van der Waals surface area (Å²) in [6.07, 6.45) is 3.98. The third-order valence-electron chi connectivity index (χ3n) is 5.40. The van der Waals surface area contributed by atoms with E-state index in [1.54, 1.807) is 6.07 Å². The molecule has 4 rings (SSSR count). The number of hydrogen-bond acceptors (Lipinski definition) is 8. The molecule has 0 spiro atoms. The van der Waals surface area contributed by atoms with Gasteiger partial charge in [-0.1, -0.05) is 6.07 Å². The zero-order valence-corrected chi connectivity index (χ0v) is 16.2. The van der Waals surface area contributed by atoms with Crippen molar-refractivity contribution in [1.29, 1.82) is 5.26 Å². The van der Waals surface area contributed by atoms with Crippen molar-refractivity contribution in [1.82, 2.24) is 15.0 Å². The van der Waals surface area contributed by atoms with Gasteiger partial charge in [0.15, 0.2) is 0 Å². The van der Waals surface area contributed by atoms with Gasteiger partial charge in [-0.15, -0.1) is 0 Å². The first-order valence-electron chi connectivity index (χ1n) is 9.75. The van der Waals surface area contributed by atoms with Crippen LogP contribution in [0.1, 0.15) is 18.5 Å². The maximum atomic E-state index is 9.12. The fourth-order valence-electron chi connectivity index (χ4n) is 3.78. The molecule has 2 aromatic rings. The second-order valence-corrected chi connectivity index (χ2v) is 7.16. The molecule has 2 aliphatic rings. The molecule has 0 aliphatic carbocycles. The minimum absolute atomic E-state index is 0.293. The maximum absolute atomic E-state index is 9.12. The van der Waals surface area contributed by atoms with E-state index in [0.29, 0.717) is 11.7 Å². The molecule has 8 heteroatoms. The zero-order valence-electron chi connectivity index (χ0n) is 16.2. The Morgan fingerprint density at radius 2 is 1.93 bits per heavy atom. The van der Waals surface area contributed by atoms with E-state index in [-0.39, 0.29) is 0 Å². The largest absolute Gasteiger partial charge is 0.378 e. The standard InChI is InChI=1S/C20H25N7O/c1-25(20-22-8-7-19(24-20)26-10-12-28-13-11-26)17-5-3-9-27(15-17)18-6-2-4-16(14-21)23-18/h2,4,6-8,17H,3,5,9-13,15H2,1H3. The maximum Gasteiger partial charge on any atom is 0.227 e. The van der Waals surface area contributed by atoms with Gasteiger partial charge in [0.2, 0.25) is 5.95 Å². The summed E-state index contributed by atoms with van der Waals surface area (Å²) in [6.45, 7) is 4.98. The van der Waals surface area contributed by atoms with Crippen molar-refractivity contribution in [3.8, 4) is 6.07 Å². The highest BCUT2D eigenvalue weighted by molar-refractivity contribution is 5.46. The van der Waals surface area contributed by atoms with Crippen LogP contribution in [0.2, 0.25) is 0 Å². The lowest BCUT2D eigenvalue weighted by molar-refractivity contribution is 0.122. The second-order valence-electron chi connectivity index (χ2n) is 7.16. The number of pyridine rings is 1. The molecule has 2 aromatic heterocycles. The summed E-state index contributed by atoms with van der Waals surface area (Å²) < 4.78 is 5.44. The second kappa shape index (κ2) is 8.40. The minimum Gasteiger partial charge on any atom is -0.378 e. The van der Waals surface area contributed by atoms with Crippen LogP contribution < -0.4 is 14.7 Å². The van der Waals surface area contributed by atoms with E-state index < -0.39 is 0 Å². The third kappa shape index (κ3) is 3.99. The summed E-state index contributed by atoms with van der Waals surface area (Å²) in [5, 5.41) is 9.12.